The van der Waals surface area contributed by atoms with E-state index in [0.29, 0.717) is 13.1 Å². The van der Waals surface area contributed by atoms with Crippen molar-refractivity contribution in [3.05, 3.63) is 0 Å². The third kappa shape index (κ3) is 4.34. The van der Waals surface area contributed by atoms with Crippen LogP contribution >= 0.6 is 0 Å². The summed E-state index contributed by atoms with van der Waals surface area (Å²) >= 11 is 0. The van der Waals surface area contributed by atoms with Crippen molar-refractivity contribution >= 4 is 11.8 Å². The molecule has 0 aliphatic carbocycles. The lowest BCUT2D eigenvalue weighted by atomic mass is 10.2. The minimum absolute atomic E-state index is 0.0589. The normalized spacial score (nSPS) is 19.8. The zero-order valence-corrected chi connectivity index (χ0v) is 10.8. The van der Waals surface area contributed by atoms with Crippen molar-refractivity contribution in [1.29, 1.82) is 0 Å². The highest BCUT2D eigenvalue weighted by Crippen LogP contribution is 2.10. The molecule has 0 bridgehead atoms. The van der Waals surface area contributed by atoms with Crippen LogP contribution in [-0.4, -0.2) is 48.9 Å². The molecule has 1 heterocycles. The van der Waals surface area contributed by atoms with Gasteiger partial charge in [-0.05, 0) is 25.8 Å². The molecule has 0 aromatic rings. The van der Waals surface area contributed by atoms with Crippen molar-refractivity contribution in [1.82, 2.24) is 15.5 Å². The molecule has 0 aromatic carbocycles. The number of carbonyl (C=O) groups excluding carboxylic acids is 2. The van der Waals surface area contributed by atoms with E-state index in [9.17, 15) is 9.59 Å². The molecular formula is C12H23N3O2. The van der Waals surface area contributed by atoms with Crippen molar-refractivity contribution in [2.45, 2.75) is 39.2 Å². The fourth-order valence-corrected chi connectivity index (χ4v) is 1.90. The number of carbonyl (C=O) groups is 2. The van der Waals surface area contributed by atoms with E-state index in [2.05, 4.69) is 17.6 Å². The van der Waals surface area contributed by atoms with Gasteiger partial charge >= 0.3 is 0 Å². The highest BCUT2D eigenvalue weighted by Gasteiger charge is 2.31. The average Bonchev–Trinajstić information content (AvgIpc) is 2.66. The van der Waals surface area contributed by atoms with Crippen LogP contribution in [0.15, 0.2) is 0 Å². The summed E-state index contributed by atoms with van der Waals surface area (Å²) in [5, 5.41) is 5.99. The molecule has 5 heteroatoms. The lowest BCUT2D eigenvalue weighted by Crippen LogP contribution is -2.42. The van der Waals surface area contributed by atoms with Gasteiger partial charge in [-0.3, -0.25) is 9.59 Å². The average molecular weight is 241 g/mol. The van der Waals surface area contributed by atoms with Crippen LogP contribution in [0.5, 0.6) is 0 Å². The molecule has 1 aliphatic rings. The summed E-state index contributed by atoms with van der Waals surface area (Å²) in [7, 11) is 0. The first-order valence-electron chi connectivity index (χ1n) is 6.47. The highest BCUT2D eigenvalue weighted by atomic mass is 16.2. The molecule has 0 spiro atoms. The molecule has 0 saturated carbocycles. The van der Waals surface area contributed by atoms with Gasteiger partial charge in [-0.15, -0.1) is 0 Å². The van der Waals surface area contributed by atoms with Gasteiger partial charge in [0.25, 0.3) is 0 Å². The maximum absolute atomic E-state index is 11.9. The fourth-order valence-electron chi connectivity index (χ4n) is 1.90. The number of rotatable bonds is 7. The minimum Gasteiger partial charge on any atom is -0.355 e. The Kier molecular flexibility index (Phi) is 5.97. The van der Waals surface area contributed by atoms with Crippen LogP contribution in [0.4, 0.5) is 0 Å². The van der Waals surface area contributed by atoms with Crippen LogP contribution < -0.4 is 10.6 Å². The van der Waals surface area contributed by atoms with E-state index in [0.717, 1.165) is 25.8 Å². The molecule has 1 unspecified atom stereocenters. The zero-order valence-electron chi connectivity index (χ0n) is 10.8. The Hall–Kier alpha value is -1.10. The Bertz CT molecular complexity index is 268. The monoisotopic (exact) mass is 241 g/mol. The van der Waals surface area contributed by atoms with Gasteiger partial charge in [0.1, 0.15) is 0 Å². The number of amides is 2. The van der Waals surface area contributed by atoms with Crippen LogP contribution in [-0.2, 0) is 9.59 Å². The van der Waals surface area contributed by atoms with Crippen LogP contribution in [0, 0.1) is 0 Å². The molecule has 1 aliphatic heterocycles. The fraction of sp³-hybridized carbons (Fsp3) is 0.833. The molecule has 98 valence electrons. The Balaban J connectivity index is 2.31. The molecule has 0 aromatic heterocycles. The summed E-state index contributed by atoms with van der Waals surface area (Å²) in [6.07, 6.45) is 2.74. The third-order valence-corrected chi connectivity index (χ3v) is 2.84. The standard InChI is InChI=1S/C12H23N3O2/c1-3-6-13-10-5-8-15(12(10)17)9-11(16)14-7-4-2/h10,13H,3-9H2,1-2H3,(H,14,16). The molecule has 1 saturated heterocycles. The summed E-state index contributed by atoms with van der Waals surface area (Å²) in [5.74, 6) is 0.00133. The van der Waals surface area contributed by atoms with E-state index in [4.69, 9.17) is 0 Å². The van der Waals surface area contributed by atoms with Crippen molar-refractivity contribution in [3.63, 3.8) is 0 Å². The van der Waals surface area contributed by atoms with E-state index >= 15 is 0 Å². The Morgan fingerprint density at radius 2 is 2.06 bits per heavy atom. The van der Waals surface area contributed by atoms with Crippen molar-refractivity contribution < 1.29 is 9.59 Å². The van der Waals surface area contributed by atoms with Gasteiger partial charge in [0.05, 0.1) is 12.6 Å². The highest BCUT2D eigenvalue weighted by molar-refractivity contribution is 5.89. The second-order valence-electron chi connectivity index (χ2n) is 4.41. The second-order valence-corrected chi connectivity index (χ2v) is 4.41. The summed E-state index contributed by atoms with van der Waals surface area (Å²) in [6.45, 7) is 6.49. The third-order valence-electron chi connectivity index (χ3n) is 2.84. The number of nitrogens with one attached hydrogen (secondary N) is 2. The van der Waals surface area contributed by atoms with Gasteiger partial charge < -0.3 is 15.5 Å². The first kappa shape index (κ1) is 14.0. The lowest BCUT2D eigenvalue weighted by Gasteiger charge is -2.16. The number of hydrogen-bond donors (Lipinski definition) is 2. The van der Waals surface area contributed by atoms with Gasteiger partial charge in [0.2, 0.25) is 11.8 Å². The quantitative estimate of drug-likeness (QED) is 0.665. The molecule has 1 rings (SSSR count). The molecule has 5 nitrogen and oxygen atoms in total. The van der Waals surface area contributed by atoms with Gasteiger partial charge in [0, 0.05) is 13.1 Å². The van der Waals surface area contributed by atoms with Gasteiger partial charge in [-0.2, -0.15) is 0 Å². The van der Waals surface area contributed by atoms with Crippen LogP contribution in [0.1, 0.15) is 33.1 Å². The molecule has 1 atom stereocenters. The SMILES string of the molecule is CCCNC(=O)CN1CCC(NCCC)C1=O. The van der Waals surface area contributed by atoms with Gasteiger partial charge in [0.15, 0.2) is 0 Å². The van der Waals surface area contributed by atoms with E-state index in [1.165, 1.54) is 0 Å². The summed E-state index contributed by atoms with van der Waals surface area (Å²) < 4.78 is 0. The number of hydrogen-bond acceptors (Lipinski definition) is 3. The second kappa shape index (κ2) is 7.27. The van der Waals surface area contributed by atoms with Crippen molar-refractivity contribution in [2.24, 2.45) is 0 Å². The smallest absolute Gasteiger partial charge is 0.240 e. The van der Waals surface area contributed by atoms with Crippen LogP contribution in [0.25, 0.3) is 0 Å². The molecule has 1 fully saturated rings. The number of likely N-dealkylation sites (tertiary alicyclic amines) is 1. The first-order valence-corrected chi connectivity index (χ1v) is 6.47. The van der Waals surface area contributed by atoms with Crippen molar-refractivity contribution in [3.8, 4) is 0 Å². The largest absolute Gasteiger partial charge is 0.355 e. The van der Waals surface area contributed by atoms with Crippen molar-refractivity contribution in [2.75, 3.05) is 26.2 Å². The maximum atomic E-state index is 11.9. The van der Waals surface area contributed by atoms with E-state index < -0.39 is 0 Å². The summed E-state index contributed by atoms with van der Waals surface area (Å²) in [6, 6.07) is -0.0890. The lowest BCUT2D eigenvalue weighted by molar-refractivity contribution is -0.134. The minimum atomic E-state index is -0.0890. The van der Waals surface area contributed by atoms with Gasteiger partial charge in [-0.1, -0.05) is 13.8 Å². The van der Waals surface area contributed by atoms with E-state index in [-0.39, 0.29) is 24.4 Å². The number of nitrogens with zero attached hydrogens (tertiary/aromatic N) is 1. The predicted molar refractivity (Wildman–Crippen MR) is 66.6 cm³/mol. The topological polar surface area (TPSA) is 61.4 Å². The van der Waals surface area contributed by atoms with E-state index in [1.54, 1.807) is 4.90 Å². The maximum Gasteiger partial charge on any atom is 0.240 e. The molecule has 2 N–H and O–H groups in total. The first-order chi connectivity index (χ1) is 8.19. The Morgan fingerprint density at radius 1 is 1.35 bits per heavy atom. The zero-order chi connectivity index (χ0) is 12.7. The molecule has 17 heavy (non-hydrogen) atoms. The van der Waals surface area contributed by atoms with Crippen LogP contribution in [0.2, 0.25) is 0 Å². The van der Waals surface area contributed by atoms with E-state index in [1.807, 2.05) is 6.92 Å². The molecule has 2 amide bonds. The van der Waals surface area contributed by atoms with Crippen LogP contribution in [0.3, 0.4) is 0 Å². The Morgan fingerprint density at radius 3 is 2.71 bits per heavy atom. The molecular weight excluding hydrogens is 218 g/mol. The predicted octanol–water partition coefficient (Wildman–Crippen LogP) is 0.113. The summed E-state index contributed by atoms with van der Waals surface area (Å²) in [5.41, 5.74) is 0. The Labute approximate surface area is 103 Å². The molecule has 0 radical (unpaired) electrons. The summed E-state index contributed by atoms with van der Waals surface area (Å²) in [4.78, 5) is 25.0. The van der Waals surface area contributed by atoms with Gasteiger partial charge in [-0.25, -0.2) is 0 Å².